The number of fused-ring (bicyclic) bond motifs is 1. The molecule has 1 aromatic carbocycles. The number of nitrogens with one attached hydrogen (secondary N) is 1. The second kappa shape index (κ2) is 8.79. The normalized spacial score (nSPS) is 10.8. The van der Waals surface area contributed by atoms with Gasteiger partial charge in [0, 0.05) is 10.6 Å². The zero-order chi connectivity index (χ0) is 20.1. The van der Waals surface area contributed by atoms with E-state index in [2.05, 4.69) is 10.3 Å². The van der Waals surface area contributed by atoms with Gasteiger partial charge in [0.15, 0.2) is 0 Å². The number of amides is 1. The van der Waals surface area contributed by atoms with Gasteiger partial charge in [0.05, 0.1) is 23.9 Å². The molecule has 0 saturated carbocycles. The molecule has 0 spiro atoms. The van der Waals surface area contributed by atoms with E-state index in [1.165, 1.54) is 22.2 Å². The Labute approximate surface area is 166 Å². The SMILES string of the molecule is CCCOC(=O)c1ccc(NC(=O)Cn2cnc3sc(CC)cc3c2=O)cc1. The van der Waals surface area contributed by atoms with Crippen LogP contribution < -0.4 is 10.9 Å². The van der Waals surface area contributed by atoms with Gasteiger partial charge in [-0.3, -0.25) is 14.2 Å². The number of hydrogen-bond donors (Lipinski definition) is 1. The molecule has 1 N–H and O–H groups in total. The summed E-state index contributed by atoms with van der Waals surface area (Å²) in [5.41, 5.74) is 0.717. The predicted molar refractivity (Wildman–Crippen MR) is 109 cm³/mol. The van der Waals surface area contributed by atoms with Gasteiger partial charge in [0.2, 0.25) is 5.91 Å². The number of aryl methyl sites for hydroxylation is 1. The zero-order valence-corrected chi connectivity index (χ0v) is 16.5. The van der Waals surface area contributed by atoms with E-state index in [0.29, 0.717) is 28.1 Å². The highest BCUT2D eigenvalue weighted by molar-refractivity contribution is 7.18. The third-order valence-electron chi connectivity index (χ3n) is 4.07. The maximum absolute atomic E-state index is 12.5. The van der Waals surface area contributed by atoms with Crippen LogP contribution >= 0.6 is 11.3 Å². The van der Waals surface area contributed by atoms with Crippen molar-refractivity contribution in [3.8, 4) is 0 Å². The lowest BCUT2D eigenvalue weighted by atomic mass is 10.2. The Balaban J connectivity index is 1.67. The van der Waals surface area contributed by atoms with Crippen molar-refractivity contribution in [3.63, 3.8) is 0 Å². The number of thiophene rings is 1. The summed E-state index contributed by atoms with van der Waals surface area (Å²) in [7, 11) is 0. The van der Waals surface area contributed by atoms with Gasteiger partial charge in [-0.1, -0.05) is 13.8 Å². The molecule has 0 aliphatic heterocycles. The molecule has 8 heteroatoms. The number of aromatic nitrogens is 2. The van der Waals surface area contributed by atoms with Crippen molar-refractivity contribution in [2.24, 2.45) is 0 Å². The molecule has 1 amide bonds. The number of hydrogen-bond acceptors (Lipinski definition) is 6. The fourth-order valence-electron chi connectivity index (χ4n) is 2.62. The third-order valence-corrected chi connectivity index (χ3v) is 5.26. The van der Waals surface area contributed by atoms with E-state index in [1.54, 1.807) is 24.3 Å². The van der Waals surface area contributed by atoms with Crippen LogP contribution in [-0.4, -0.2) is 28.0 Å². The fraction of sp³-hybridized carbons (Fsp3) is 0.300. The Kier molecular flexibility index (Phi) is 6.20. The molecule has 0 saturated heterocycles. The molecular weight excluding hydrogens is 378 g/mol. The van der Waals surface area contributed by atoms with E-state index in [4.69, 9.17) is 4.74 Å². The molecule has 2 heterocycles. The second-order valence-corrected chi connectivity index (χ2v) is 7.34. The summed E-state index contributed by atoms with van der Waals surface area (Å²) in [6.45, 7) is 4.17. The van der Waals surface area contributed by atoms with Gasteiger partial charge < -0.3 is 10.1 Å². The van der Waals surface area contributed by atoms with Gasteiger partial charge in [0.1, 0.15) is 11.4 Å². The highest BCUT2D eigenvalue weighted by Gasteiger charge is 2.12. The molecule has 0 bridgehead atoms. The van der Waals surface area contributed by atoms with Crippen LogP contribution in [0.5, 0.6) is 0 Å². The summed E-state index contributed by atoms with van der Waals surface area (Å²) in [6, 6.07) is 8.25. The lowest BCUT2D eigenvalue weighted by molar-refractivity contribution is -0.116. The van der Waals surface area contributed by atoms with Gasteiger partial charge in [-0.05, 0) is 43.2 Å². The van der Waals surface area contributed by atoms with Crippen LogP contribution in [0, 0.1) is 0 Å². The molecule has 0 aliphatic rings. The average Bonchev–Trinajstić information content (AvgIpc) is 3.13. The second-order valence-electron chi connectivity index (χ2n) is 6.22. The van der Waals surface area contributed by atoms with E-state index >= 15 is 0 Å². The van der Waals surface area contributed by atoms with E-state index in [1.807, 2.05) is 19.9 Å². The average molecular weight is 399 g/mol. The maximum atomic E-state index is 12.5. The molecule has 28 heavy (non-hydrogen) atoms. The van der Waals surface area contributed by atoms with Crippen LogP contribution in [0.4, 0.5) is 5.69 Å². The molecule has 0 atom stereocenters. The van der Waals surface area contributed by atoms with Crippen LogP contribution in [0.15, 0.2) is 41.5 Å². The summed E-state index contributed by atoms with van der Waals surface area (Å²) >= 11 is 1.49. The van der Waals surface area contributed by atoms with E-state index in [9.17, 15) is 14.4 Å². The summed E-state index contributed by atoms with van der Waals surface area (Å²) < 4.78 is 6.36. The molecule has 0 aliphatic carbocycles. The molecular formula is C20H21N3O4S. The Morgan fingerprint density at radius 2 is 1.96 bits per heavy atom. The van der Waals surface area contributed by atoms with Gasteiger partial charge in [0.25, 0.3) is 5.56 Å². The Hall–Kier alpha value is -3.00. The Morgan fingerprint density at radius 3 is 2.64 bits per heavy atom. The highest BCUT2D eigenvalue weighted by Crippen LogP contribution is 2.21. The predicted octanol–water partition coefficient (Wildman–Crippen LogP) is 3.23. The van der Waals surface area contributed by atoms with E-state index in [-0.39, 0.29) is 18.0 Å². The van der Waals surface area contributed by atoms with Gasteiger partial charge in [-0.15, -0.1) is 11.3 Å². The third kappa shape index (κ3) is 4.45. The Bertz CT molecular complexity index is 1050. The van der Waals surface area contributed by atoms with Crippen LogP contribution in [0.3, 0.4) is 0 Å². The number of esters is 1. The standard InChI is InChI=1S/C20H21N3O4S/c1-3-9-27-20(26)13-5-7-14(8-6-13)22-17(24)11-23-12-21-18-16(19(23)25)10-15(4-2)28-18/h5-8,10,12H,3-4,9,11H2,1-2H3,(H,22,24). The Morgan fingerprint density at radius 1 is 1.21 bits per heavy atom. The topological polar surface area (TPSA) is 90.3 Å². The minimum absolute atomic E-state index is 0.140. The molecule has 3 aromatic rings. The number of benzene rings is 1. The zero-order valence-electron chi connectivity index (χ0n) is 15.7. The molecule has 0 radical (unpaired) electrons. The van der Waals surface area contributed by atoms with Crippen LogP contribution in [0.1, 0.15) is 35.5 Å². The first-order valence-electron chi connectivity index (χ1n) is 9.06. The number of nitrogens with zero attached hydrogens (tertiary/aromatic N) is 2. The number of anilines is 1. The van der Waals surface area contributed by atoms with Gasteiger partial charge in [-0.2, -0.15) is 0 Å². The minimum Gasteiger partial charge on any atom is -0.462 e. The van der Waals surface area contributed by atoms with Crippen molar-refractivity contribution in [1.82, 2.24) is 9.55 Å². The monoisotopic (exact) mass is 399 g/mol. The number of rotatable bonds is 7. The maximum Gasteiger partial charge on any atom is 0.338 e. The van der Waals surface area contributed by atoms with Crippen LogP contribution in [-0.2, 0) is 22.5 Å². The van der Waals surface area contributed by atoms with Crippen LogP contribution in [0.25, 0.3) is 10.2 Å². The molecule has 0 unspecified atom stereocenters. The van der Waals surface area contributed by atoms with Gasteiger partial charge in [-0.25, -0.2) is 9.78 Å². The van der Waals surface area contributed by atoms with E-state index < -0.39 is 5.97 Å². The lowest BCUT2D eigenvalue weighted by Crippen LogP contribution is -2.27. The number of carbonyl (C=O) groups is 2. The number of carbonyl (C=O) groups excluding carboxylic acids is 2. The first kappa shape index (κ1) is 19.8. The van der Waals surface area contributed by atoms with Crippen molar-refractivity contribution in [1.29, 1.82) is 0 Å². The van der Waals surface area contributed by atoms with Crippen molar-refractivity contribution in [2.75, 3.05) is 11.9 Å². The quantitative estimate of drug-likeness (QED) is 0.616. The van der Waals surface area contributed by atoms with Crippen molar-refractivity contribution < 1.29 is 14.3 Å². The summed E-state index contributed by atoms with van der Waals surface area (Å²) in [5.74, 6) is -0.747. The minimum atomic E-state index is -0.395. The molecule has 7 nitrogen and oxygen atoms in total. The van der Waals surface area contributed by atoms with Crippen LogP contribution in [0.2, 0.25) is 0 Å². The van der Waals surface area contributed by atoms with E-state index in [0.717, 1.165) is 17.7 Å². The summed E-state index contributed by atoms with van der Waals surface area (Å²) in [4.78, 5) is 42.7. The summed E-state index contributed by atoms with van der Waals surface area (Å²) in [5, 5.41) is 3.25. The molecule has 146 valence electrons. The van der Waals surface area contributed by atoms with Crippen molar-refractivity contribution in [3.05, 3.63) is 57.5 Å². The molecule has 3 rings (SSSR count). The van der Waals surface area contributed by atoms with Crippen molar-refractivity contribution >= 4 is 39.1 Å². The fourth-order valence-corrected chi connectivity index (χ4v) is 3.55. The first-order chi connectivity index (χ1) is 13.5. The van der Waals surface area contributed by atoms with Crippen molar-refractivity contribution in [2.45, 2.75) is 33.2 Å². The lowest BCUT2D eigenvalue weighted by Gasteiger charge is -2.08. The largest absolute Gasteiger partial charge is 0.462 e. The smallest absolute Gasteiger partial charge is 0.338 e. The number of ether oxygens (including phenoxy) is 1. The first-order valence-corrected chi connectivity index (χ1v) is 9.88. The highest BCUT2D eigenvalue weighted by atomic mass is 32.1. The molecule has 2 aromatic heterocycles. The molecule has 0 fully saturated rings. The van der Waals surface area contributed by atoms with Gasteiger partial charge >= 0.3 is 5.97 Å². The summed E-state index contributed by atoms with van der Waals surface area (Å²) in [6.07, 6.45) is 2.99.